The van der Waals surface area contributed by atoms with Gasteiger partial charge < -0.3 is 62.3 Å². The Kier molecular flexibility index (Phi) is 22.5. The number of non-ortho nitro benzene ring substituents is 4. The number of nitro groups is 6. The number of likely N-dealkylation sites (tertiary alicyclic amines) is 2. The van der Waals surface area contributed by atoms with E-state index in [2.05, 4.69) is 15.2 Å². The van der Waals surface area contributed by atoms with Crippen LogP contribution >= 0.6 is 0 Å². The van der Waals surface area contributed by atoms with Gasteiger partial charge in [-0.25, -0.2) is 33.9 Å². The summed E-state index contributed by atoms with van der Waals surface area (Å²) in [6, 6.07) is 22.1. The summed E-state index contributed by atoms with van der Waals surface area (Å²) in [7, 11) is 3.73. The van der Waals surface area contributed by atoms with Crippen LogP contribution in [0.25, 0.3) is 66.8 Å². The van der Waals surface area contributed by atoms with Crippen molar-refractivity contribution in [3.8, 4) is 56.5 Å². The van der Waals surface area contributed by atoms with Crippen molar-refractivity contribution in [2.75, 3.05) is 40.3 Å². The van der Waals surface area contributed by atoms with Crippen LogP contribution in [0, 0.1) is 74.5 Å². The predicted molar refractivity (Wildman–Crippen MR) is 467 cm³/mol. The van der Waals surface area contributed by atoms with E-state index < -0.39 is 141 Å². The molecule has 42 heteroatoms. The third-order valence-electron chi connectivity index (χ3n) is 25.6. The number of hydrogen-bond acceptors (Lipinski definition) is 33. The molecule has 8 aliphatic rings. The van der Waals surface area contributed by atoms with Crippen LogP contribution in [0.1, 0.15) is 157 Å². The van der Waals surface area contributed by atoms with Crippen LogP contribution in [0.3, 0.4) is 0 Å². The van der Waals surface area contributed by atoms with Crippen molar-refractivity contribution in [2.45, 2.75) is 162 Å². The third-order valence-corrected chi connectivity index (χ3v) is 25.6. The zero-order valence-corrected chi connectivity index (χ0v) is 72.3. The molecule has 0 saturated carbocycles. The molecule has 42 nitrogen and oxygen atoms in total. The van der Waals surface area contributed by atoms with Gasteiger partial charge in [0, 0.05) is 134 Å². The maximum absolute atomic E-state index is 14.5. The predicted octanol–water partition coefficient (Wildman–Crippen LogP) is 12.8. The lowest BCUT2D eigenvalue weighted by Gasteiger charge is -2.39. The number of phenolic OH excluding ortho intramolecular Hbond substituents is 1. The van der Waals surface area contributed by atoms with E-state index in [1.165, 1.54) is 68.2 Å². The number of benzene rings is 6. The molecule has 2 fully saturated rings. The highest BCUT2D eigenvalue weighted by atomic mass is 16.7. The van der Waals surface area contributed by atoms with Crippen LogP contribution in [0.15, 0.2) is 117 Å². The molecular weight excluding hydrogens is 1720 g/mol. The Morgan fingerprint density at radius 1 is 0.545 bits per heavy atom. The summed E-state index contributed by atoms with van der Waals surface area (Å²) >= 11 is 0. The summed E-state index contributed by atoms with van der Waals surface area (Å²) in [6.07, 6.45) is 1.97. The number of aromatic hydroxyl groups is 1. The number of phenols is 1. The molecule has 1 N–H and O–H groups in total. The summed E-state index contributed by atoms with van der Waals surface area (Å²) < 4.78 is 31.9. The van der Waals surface area contributed by atoms with Crippen LogP contribution in [0.5, 0.6) is 11.5 Å². The fourth-order valence-corrected chi connectivity index (χ4v) is 19.1. The number of rotatable bonds is 21. The van der Waals surface area contributed by atoms with Crippen LogP contribution in [-0.4, -0.2) is 168 Å². The van der Waals surface area contributed by atoms with E-state index in [4.69, 9.17) is 43.3 Å². The lowest BCUT2D eigenvalue weighted by Crippen LogP contribution is -2.48. The summed E-state index contributed by atoms with van der Waals surface area (Å²) in [5, 5.41) is 92.2. The second kappa shape index (κ2) is 33.7. The van der Waals surface area contributed by atoms with Crippen molar-refractivity contribution in [3.05, 3.63) is 256 Å². The molecule has 2 aliphatic carbocycles. The van der Waals surface area contributed by atoms with Gasteiger partial charge in [-0.15, -0.1) is 0 Å². The molecule has 10 heterocycles. The van der Waals surface area contributed by atoms with E-state index >= 15 is 0 Å². The summed E-state index contributed by atoms with van der Waals surface area (Å²) in [5.41, 5.74) is -2.92. The van der Waals surface area contributed by atoms with Crippen LogP contribution in [0.2, 0.25) is 0 Å². The van der Waals surface area contributed by atoms with Gasteiger partial charge in [0.25, 0.3) is 45.2 Å². The topological polar surface area (TPSA) is 533 Å². The lowest BCUT2D eigenvalue weighted by molar-refractivity contribution is -0.394. The van der Waals surface area contributed by atoms with Crippen molar-refractivity contribution < 1.29 is 92.0 Å². The molecule has 6 aromatic carbocycles. The summed E-state index contributed by atoms with van der Waals surface area (Å²) in [6.45, 7) is 13.8. The molecule has 6 aliphatic heterocycles. The number of fused-ring (bicyclic) bond motifs is 16. The van der Waals surface area contributed by atoms with Gasteiger partial charge in [-0.3, -0.25) is 70.3 Å². The number of nitro benzene ring substituents is 6. The van der Waals surface area contributed by atoms with Gasteiger partial charge >= 0.3 is 30.0 Å². The number of carbonyl (C=O) groups is 5. The van der Waals surface area contributed by atoms with Gasteiger partial charge in [0.15, 0.2) is 0 Å². The molecule has 132 heavy (non-hydrogen) atoms. The molecule has 2 saturated heterocycles. The number of aromatic nitrogens is 4. The molecule has 1 amide bonds. The largest absolute Gasteiger partial charge is 0.508 e. The minimum Gasteiger partial charge on any atom is -0.508 e. The molecule has 678 valence electrons. The van der Waals surface area contributed by atoms with Crippen LogP contribution in [0.4, 0.5) is 38.9 Å². The Bertz CT molecular complexity index is 7030. The number of piperidine rings is 2. The number of carbonyl (C=O) groups excluding carboxylic acids is 5. The van der Waals surface area contributed by atoms with E-state index in [-0.39, 0.29) is 121 Å². The molecule has 4 aromatic heterocycles. The lowest BCUT2D eigenvalue weighted by atomic mass is 9.85. The number of cyclic esters (lactones) is 2. The molecule has 0 spiro atoms. The zero-order chi connectivity index (χ0) is 94.0. The summed E-state index contributed by atoms with van der Waals surface area (Å²) in [4.78, 5) is 192. The molecule has 0 unspecified atom stereocenters. The first kappa shape index (κ1) is 88.3. The maximum atomic E-state index is 14.5. The fourth-order valence-electron chi connectivity index (χ4n) is 19.1. The Morgan fingerprint density at radius 2 is 0.992 bits per heavy atom. The smallest absolute Gasteiger partial charge is 0.415 e. The number of esters is 4. The van der Waals surface area contributed by atoms with Crippen LogP contribution in [-0.2, 0) is 98.3 Å². The van der Waals surface area contributed by atoms with Crippen molar-refractivity contribution in [3.63, 3.8) is 0 Å². The standard InChI is InChI=1S/C50H48N8O14.C40H33N7O13/c1-5-32-33-22-31(70-49(62)54-16-12-28(13-17-54)53-14-8-7-9-15-53)10-11-39(33)51-45-36(32)24-55-41(45)23-38-37(46(55)59)25-69-48(61)50(38,6-2)71-47(60)27(4)72-52-44-34-19-29(56(63)64)18-26(3)42(34)43-35(44)20-30(57(65)66)21-40(43)58(67)68;1-6-40(28-14-31-35-20(15-44(31)37(49)27(28)17-58-39(40)51)10-23-26(16-43(4)5)32(48)8-7-29(23)41-35)59-38(50)19(3)60-42-36-24-11-21(45(52)53)9-18(2)33(24)34-25(36)12-22(46(54)55)13-30(34)47(56)57/h10-11,18-23,27-28H,5-9,12-17,24-25H2,1-4H3;7-14,19,48H,6,15-17H2,1-5H3/b52-44-;42-36+/t27-,50-;19-,40-/m00/s1. The van der Waals surface area contributed by atoms with E-state index in [0.717, 1.165) is 78.8 Å². The highest BCUT2D eigenvalue weighted by Gasteiger charge is 2.54. The highest BCUT2D eigenvalue weighted by Crippen LogP contribution is 2.52. The van der Waals surface area contributed by atoms with Crippen molar-refractivity contribution in [2.24, 2.45) is 10.3 Å². The average molecular weight is 1800 g/mol. The molecule has 4 atom stereocenters. The monoisotopic (exact) mass is 1800 g/mol. The molecule has 10 aromatic rings. The third kappa shape index (κ3) is 14.8. The quantitative estimate of drug-likeness (QED) is 0.0302. The number of amides is 1. The first-order valence-electron chi connectivity index (χ1n) is 42.3. The number of ether oxygens (including phenoxy) is 5. The van der Waals surface area contributed by atoms with Gasteiger partial charge in [0.05, 0.1) is 111 Å². The molecular formula is C90H81N15O27. The second-order valence-corrected chi connectivity index (χ2v) is 33.5. The zero-order valence-electron chi connectivity index (χ0n) is 72.3. The van der Waals surface area contributed by atoms with E-state index in [1.807, 2.05) is 32.0 Å². The fraction of sp³-hybridized carbons (Fsp3) is 0.344. The number of pyridine rings is 4. The minimum absolute atomic E-state index is 0.0163. The van der Waals surface area contributed by atoms with Gasteiger partial charge in [0.2, 0.25) is 23.4 Å². The minimum atomic E-state index is -2.16. The van der Waals surface area contributed by atoms with E-state index in [1.54, 1.807) is 61.2 Å². The SMILES string of the molecule is CC[C@@]1(OC(=O)[C@H](C)O/N=C2\c3cc([N+](=O)[O-])cc(C)c3-c3c2cc([N+](=O)[O-])cc3[N+](=O)[O-])C(=O)OCc2c1cc1n(c2=O)Cc2cc3c(CN(C)C)c(O)ccc3nc2-1.CCc1c2c(nc3ccc(OC(=O)N4CCC(N5CCCCC5)CC4)cc13)-c1cc3c(c(=O)n1C2)COC(=O)[C@@]3(CC)OC(=O)[C@H](C)O/N=C1/c2cc([N+](=O)[O-])cc(C)c2-c2c1cc([N+](=O)[O-])cc2[N+](=O)[O-]. The van der Waals surface area contributed by atoms with Crippen molar-refractivity contribution in [1.82, 2.24) is 33.8 Å². The van der Waals surface area contributed by atoms with Crippen LogP contribution < -0.4 is 15.9 Å². The summed E-state index contributed by atoms with van der Waals surface area (Å²) in [5.74, 6) is -3.75. The van der Waals surface area contributed by atoms with E-state index in [9.17, 15) is 99.4 Å². The number of nitrogens with zero attached hydrogens (tertiary/aromatic N) is 15. The highest BCUT2D eigenvalue weighted by molar-refractivity contribution is 6.28. The Hall–Kier alpha value is -15.8. The Balaban J connectivity index is 0.000000188. The van der Waals surface area contributed by atoms with Gasteiger partial charge in [-0.1, -0.05) is 37.5 Å². The number of aryl methyl sites for hydroxylation is 3. The average Bonchev–Trinajstić information content (AvgIpc) is 1.53. The maximum Gasteiger partial charge on any atom is 0.415 e. The van der Waals surface area contributed by atoms with E-state index in [0.29, 0.717) is 88.2 Å². The van der Waals surface area contributed by atoms with Crippen molar-refractivity contribution >= 4 is 97.3 Å². The van der Waals surface area contributed by atoms with Gasteiger partial charge in [-0.2, -0.15) is 0 Å². The number of oxime groups is 2. The van der Waals surface area contributed by atoms with Crippen molar-refractivity contribution in [1.29, 1.82) is 0 Å². The molecule has 18 rings (SSSR count). The molecule has 0 radical (unpaired) electrons. The molecule has 0 bridgehead atoms. The Labute approximate surface area is 745 Å². The van der Waals surface area contributed by atoms with Gasteiger partial charge in [-0.05, 0) is 165 Å². The first-order valence-corrected chi connectivity index (χ1v) is 42.3. The first-order chi connectivity index (χ1) is 63.0. The van der Waals surface area contributed by atoms with Gasteiger partial charge in [0.1, 0.15) is 36.1 Å². The Morgan fingerprint density at radius 3 is 1.45 bits per heavy atom. The second-order valence-electron chi connectivity index (χ2n) is 33.5. The normalized spacial score (nSPS) is 18.2. The number of hydrogen-bond donors (Lipinski definition) is 1.